The molecular formula is C15H21BrN2O2. The lowest BCUT2D eigenvalue weighted by Gasteiger charge is -2.32. The molecule has 0 amide bonds. The third-order valence-electron chi connectivity index (χ3n) is 4.41. The maximum absolute atomic E-state index is 10.8. The van der Waals surface area contributed by atoms with E-state index in [9.17, 15) is 10.1 Å². The molecule has 1 aliphatic rings. The number of non-ortho nitro benzene ring substituents is 1. The quantitative estimate of drug-likeness (QED) is 0.507. The molecule has 1 aliphatic carbocycles. The van der Waals surface area contributed by atoms with E-state index in [2.05, 4.69) is 15.9 Å². The average Bonchev–Trinajstić information content (AvgIpc) is 2.67. The predicted octanol–water partition coefficient (Wildman–Crippen LogP) is 4.20. The van der Waals surface area contributed by atoms with Gasteiger partial charge in [0.05, 0.1) is 4.92 Å². The summed E-state index contributed by atoms with van der Waals surface area (Å²) in [5.74, 6) is 0. The summed E-state index contributed by atoms with van der Waals surface area (Å²) in [4.78, 5) is 10.4. The van der Waals surface area contributed by atoms with Crippen molar-refractivity contribution in [2.75, 3.05) is 6.54 Å². The minimum Gasteiger partial charge on any atom is -0.330 e. The minimum absolute atomic E-state index is 0.128. The summed E-state index contributed by atoms with van der Waals surface area (Å²) in [6, 6.07) is 5.04. The lowest BCUT2D eigenvalue weighted by molar-refractivity contribution is -0.384. The van der Waals surface area contributed by atoms with E-state index in [-0.39, 0.29) is 16.0 Å². The summed E-state index contributed by atoms with van der Waals surface area (Å²) in [6.45, 7) is 0.691. The number of rotatable bonds is 4. The van der Waals surface area contributed by atoms with Gasteiger partial charge in [0, 0.05) is 16.6 Å². The molecule has 0 radical (unpaired) electrons. The van der Waals surface area contributed by atoms with Gasteiger partial charge in [-0.1, -0.05) is 47.7 Å². The number of nitro benzene ring substituents is 1. The zero-order valence-corrected chi connectivity index (χ0v) is 13.2. The van der Waals surface area contributed by atoms with Gasteiger partial charge in [0.25, 0.3) is 5.69 Å². The molecule has 0 aromatic heterocycles. The van der Waals surface area contributed by atoms with Crippen LogP contribution in [0.5, 0.6) is 0 Å². The van der Waals surface area contributed by atoms with Crippen LogP contribution in [0.2, 0.25) is 0 Å². The normalized spacial score (nSPS) is 18.5. The molecule has 2 N–H and O–H groups in total. The smallest absolute Gasteiger partial charge is 0.270 e. The molecule has 1 saturated carbocycles. The van der Waals surface area contributed by atoms with Crippen LogP contribution in [0.1, 0.15) is 44.1 Å². The number of halogens is 1. The van der Waals surface area contributed by atoms with Crippen LogP contribution in [0.15, 0.2) is 22.7 Å². The van der Waals surface area contributed by atoms with Crippen molar-refractivity contribution in [3.8, 4) is 0 Å². The molecule has 1 aromatic carbocycles. The van der Waals surface area contributed by atoms with Crippen molar-refractivity contribution < 1.29 is 4.92 Å². The lowest BCUT2D eigenvalue weighted by atomic mass is 9.75. The molecule has 1 fully saturated rings. The molecule has 0 spiro atoms. The van der Waals surface area contributed by atoms with E-state index in [1.54, 1.807) is 12.1 Å². The van der Waals surface area contributed by atoms with Crippen molar-refractivity contribution >= 4 is 21.6 Å². The van der Waals surface area contributed by atoms with Gasteiger partial charge in [-0.2, -0.15) is 0 Å². The number of hydrogen-bond acceptors (Lipinski definition) is 3. The lowest BCUT2D eigenvalue weighted by Crippen LogP contribution is -2.32. The van der Waals surface area contributed by atoms with Crippen molar-refractivity contribution in [1.82, 2.24) is 0 Å². The Morgan fingerprint density at radius 2 is 1.90 bits per heavy atom. The van der Waals surface area contributed by atoms with Crippen molar-refractivity contribution in [1.29, 1.82) is 0 Å². The molecule has 5 heteroatoms. The second-order valence-electron chi connectivity index (χ2n) is 5.83. The second kappa shape index (κ2) is 6.68. The molecule has 20 heavy (non-hydrogen) atoms. The molecule has 0 bridgehead atoms. The fourth-order valence-electron chi connectivity index (χ4n) is 3.13. The first-order valence-electron chi connectivity index (χ1n) is 7.19. The van der Waals surface area contributed by atoms with Gasteiger partial charge < -0.3 is 5.73 Å². The van der Waals surface area contributed by atoms with Crippen molar-refractivity contribution in [3.63, 3.8) is 0 Å². The van der Waals surface area contributed by atoms with Gasteiger partial charge >= 0.3 is 0 Å². The van der Waals surface area contributed by atoms with Crippen LogP contribution in [0, 0.1) is 15.5 Å². The topological polar surface area (TPSA) is 69.2 Å². The largest absolute Gasteiger partial charge is 0.330 e. The summed E-state index contributed by atoms with van der Waals surface area (Å²) < 4.78 is 0.823. The number of nitrogens with two attached hydrogens (primary N) is 1. The fourth-order valence-corrected chi connectivity index (χ4v) is 3.64. The molecule has 1 aromatic rings. The zero-order valence-electron chi connectivity index (χ0n) is 11.6. The molecule has 4 nitrogen and oxygen atoms in total. The highest BCUT2D eigenvalue weighted by Gasteiger charge is 2.30. The molecule has 0 heterocycles. The highest BCUT2D eigenvalue weighted by molar-refractivity contribution is 9.10. The third-order valence-corrected chi connectivity index (χ3v) is 5.15. The van der Waals surface area contributed by atoms with Crippen LogP contribution >= 0.6 is 15.9 Å². The Hall–Kier alpha value is -0.940. The fraction of sp³-hybridized carbons (Fsp3) is 0.600. The summed E-state index contributed by atoms with van der Waals surface area (Å²) in [6.07, 6.45) is 8.29. The summed E-state index contributed by atoms with van der Waals surface area (Å²) in [7, 11) is 0. The van der Waals surface area contributed by atoms with E-state index in [1.165, 1.54) is 25.7 Å². The second-order valence-corrected chi connectivity index (χ2v) is 6.68. The Balaban J connectivity index is 2.20. The standard InChI is InChI=1S/C15H21BrN2O2/c16-14-9-13(18(19)20)6-5-12(14)10-15(11-17)7-3-1-2-4-8-15/h5-6,9H,1-4,7-8,10-11,17H2. The highest BCUT2D eigenvalue weighted by atomic mass is 79.9. The summed E-state index contributed by atoms with van der Waals surface area (Å²) >= 11 is 3.47. The SMILES string of the molecule is NCC1(Cc2ccc([N+](=O)[O-])cc2Br)CCCCCC1. The number of nitrogens with zero attached hydrogens (tertiary/aromatic N) is 1. The van der Waals surface area contributed by atoms with Gasteiger partial charge in [-0.25, -0.2) is 0 Å². The Bertz CT molecular complexity index is 483. The first-order chi connectivity index (χ1) is 9.56. The van der Waals surface area contributed by atoms with Crippen LogP contribution in [-0.4, -0.2) is 11.5 Å². The van der Waals surface area contributed by atoms with E-state index in [1.807, 2.05) is 6.07 Å². The van der Waals surface area contributed by atoms with E-state index >= 15 is 0 Å². The Morgan fingerprint density at radius 1 is 1.25 bits per heavy atom. The van der Waals surface area contributed by atoms with Crippen molar-refractivity contribution in [3.05, 3.63) is 38.3 Å². The van der Waals surface area contributed by atoms with Gasteiger partial charge in [0.1, 0.15) is 0 Å². The van der Waals surface area contributed by atoms with E-state index in [0.717, 1.165) is 29.3 Å². The van der Waals surface area contributed by atoms with Crippen LogP contribution in [0.4, 0.5) is 5.69 Å². The Labute approximate surface area is 128 Å². The predicted molar refractivity (Wildman–Crippen MR) is 83.7 cm³/mol. The highest BCUT2D eigenvalue weighted by Crippen LogP contribution is 2.39. The number of nitro groups is 1. The van der Waals surface area contributed by atoms with Gasteiger partial charge in [0.2, 0.25) is 0 Å². The van der Waals surface area contributed by atoms with Crippen LogP contribution in [0.3, 0.4) is 0 Å². The van der Waals surface area contributed by atoms with E-state index < -0.39 is 0 Å². The number of hydrogen-bond donors (Lipinski definition) is 1. The molecule has 0 saturated heterocycles. The first-order valence-corrected chi connectivity index (χ1v) is 7.98. The Kier molecular flexibility index (Phi) is 5.16. The van der Waals surface area contributed by atoms with Gasteiger partial charge in [0.15, 0.2) is 0 Å². The third kappa shape index (κ3) is 3.58. The summed E-state index contributed by atoms with van der Waals surface area (Å²) in [5, 5.41) is 10.8. The molecule has 0 unspecified atom stereocenters. The van der Waals surface area contributed by atoms with Crippen LogP contribution < -0.4 is 5.73 Å². The van der Waals surface area contributed by atoms with Crippen LogP contribution in [-0.2, 0) is 6.42 Å². The Morgan fingerprint density at radius 3 is 2.40 bits per heavy atom. The van der Waals surface area contributed by atoms with Gasteiger partial charge in [-0.3, -0.25) is 10.1 Å². The van der Waals surface area contributed by atoms with Crippen molar-refractivity contribution in [2.45, 2.75) is 44.9 Å². The average molecular weight is 341 g/mol. The molecule has 110 valence electrons. The molecule has 0 atom stereocenters. The van der Waals surface area contributed by atoms with E-state index in [0.29, 0.717) is 6.54 Å². The maximum Gasteiger partial charge on any atom is 0.270 e. The first kappa shape index (κ1) is 15.4. The monoisotopic (exact) mass is 340 g/mol. The zero-order chi connectivity index (χ0) is 14.6. The van der Waals surface area contributed by atoms with E-state index in [4.69, 9.17) is 5.73 Å². The van der Waals surface area contributed by atoms with Gasteiger partial charge in [-0.05, 0) is 36.8 Å². The molecule has 2 rings (SSSR count). The number of benzene rings is 1. The summed E-state index contributed by atoms with van der Waals surface area (Å²) in [5.41, 5.74) is 7.48. The maximum atomic E-state index is 10.8. The minimum atomic E-state index is -0.362. The molecular weight excluding hydrogens is 320 g/mol. The van der Waals surface area contributed by atoms with Crippen molar-refractivity contribution in [2.24, 2.45) is 11.1 Å². The molecule has 0 aliphatic heterocycles. The van der Waals surface area contributed by atoms with Crippen LogP contribution in [0.25, 0.3) is 0 Å². The van der Waals surface area contributed by atoms with Gasteiger partial charge in [-0.15, -0.1) is 0 Å².